The Kier molecular flexibility index (Phi) is 5.82. The Bertz CT molecular complexity index is 699. The lowest BCUT2D eigenvalue weighted by Crippen LogP contribution is -2.42. The Morgan fingerprint density at radius 1 is 0.917 bits per heavy atom. The highest BCUT2D eigenvalue weighted by molar-refractivity contribution is 8.19. The summed E-state index contributed by atoms with van der Waals surface area (Å²) >= 11 is 3.86. The third-order valence-corrected chi connectivity index (χ3v) is 6.69. The standard InChI is InChI=1S/C18H18N2O2S2/c21-16(12-13-4-2-1-3-5-13)19-20-17(22)14-6-8-15(9-7-14)18-23-10-11-24-18/h1-9,18H,10-12H2,(H,19,21)(H,20,22). The van der Waals surface area contributed by atoms with E-state index in [0.29, 0.717) is 10.1 Å². The van der Waals surface area contributed by atoms with Gasteiger partial charge in [-0.05, 0) is 23.3 Å². The largest absolute Gasteiger partial charge is 0.273 e. The minimum Gasteiger partial charge on any atom is -0.273 e. The summed E-state index contributed by atoms with van der Waals surface area (Å²) in [5.74, 6) is 1.79. The summed E-state index contributed by atoms with van der Waals surface area (Å²) in [6, 6.07) is 17.0. The van der Waals surface area contributed by atoms with Crippen molar-refractivity contribution >= 4 is 35.3 Å². The van der Waals surface area contributed by atoms with Crippen LogP contribution in [-0.4, -0.2) is 23.3 Å². The normalized spacial score (nSPS) is 14.3. The number of amides is 2. The molecular weight excluding hydrogens is 340 g/mol. The minimum absolute atomic E-state index is 0.232. The van der Waals surface area contributed by atoms with Crippen LogP contribution in [0.4, 0.5) is 0 Å². The minimum atomic E-state index is -0.310. The van der Waals surface area contributed by atoms with Gasteiger partial charge < -0.3 is 0 Å². The lowest BCUT2D eigenvalue weighted by molar-refractivity contribution is -0.121. The zero-order valence-electron chi connectivity index (χ0n) is 13.0. The van der Waals surface area contributed by atoms with Gasteiger partial charge in [0, 0.05) is 17.1 Å². The second-order valence-corrected chi connectivity index (χ2v) is 8.08. The van der Waals surface area contributed by atoms with E-state index in [-0.39, 0.29) is 18.2 Å². The van der Waals surface area contributed by atoms with Crippen molar-refractivity contribution in [2.45, 2.75) is 11.0 Å². The van der Waals surface area contributed by atoms with Gasteiger partial charge in [-0.1, -0.05) is 42.5 Å². The SMILES string of the molecule is O=C(Cc1ccccc1)NNC(=O)c1ccc(C2SCCS2)cc1. The van der Waals surface area contributed by atoms with Gasteiger partial charge in [-0.3, -0.25) is 20.4 Å². The van der Waals surface area contributed by atoms with Gasteiger partial charge in [-0.2, -0.15) is 0 Å². The van der Waals surface area contributed by atoms with E-state index >= 15 is 0 Å². The van der Waals surface area contributed by atoms with Gasteiger partial charge in [0.15, 0.2) is 0 Å². The first kappa shape index (κ1) is 16.9. The van der Waals surface area contributed by atoms with Gasteiger partial charge in [-0.25, -0.2) is 0 Å². The van der Waals surface area contributed by atoms with Crippen molar-refractivity contribution in [2.24, 2.45) is 0 Å². The molecule has 0 bridgehead atoms. The summed E-state index contributed by atoms with van der Waals surface area (Å²) in [5.41, 5.74) is 7.58. The maximum atomic E-state index is 12.1. The fourth-order valence-electron chi connectivity index (χ4n) is 2.37. The molecule has 1 aliphatic rings. The van der Waals surface area contributed by atoms with Crippen LogP contribution in [0.3, 0.4) is 0 Å². The number of hydrazine groups is 1. The molecule has 0 aromatic heterocycles. The molecule has 1 saturated heterocycles. The first-order valence-corrected chi connectivity index (χ1v) is 9.78. The van der Waals surface area contributed by atoms with E-state index < -0.39 is 0 Å². The number of nitrogens with one attached hydrogen (secondary N) is 2. The molecule has 3 rings (SSSR count). The number of carbonyl (C=O) groups excluding carboxylic acids is 2. The van der Waals surface area contributed by atoms with Gasteiger partial charge in [0.1, 0.15) is 0 Å². The van der Waals surface area contributed by atoms with Gasteiger partial charge in [0.2, 0.25) is 5.91 Å². The molecule has 0 unspecified atom stereocenters. The summed E-state index contributed by atoms with van der Waals surface area (Å²) < 4.78 is 0.465. The van der Waals surface area contributed by atoms with Crippen molar-refractivity contribution in [3.63, 3.8) is 0 Å². The highest BCUT2D eigenvalue weighted by atomic mass is 32.2. The molecule has 2 amide bonds. The summed E-state index contributed by atoms with van der Waals surface area (Å²) in [7, 11) is 0. The Balaban J connectivity index is 1.50. The Labute approximate surface area is 149 Å². The zero-order valence-corrected chi connectivity index (χ0v) is 14.7. The number of carbonyl (C=O) groups is 2. The molecule has 0 aliphatic carbocycles. The molecule has 4 nitrogen and oxygen atoms in total. The summed E-state index contributed by atoms with van der Waals surface area (Å²) in [5, 5.41) is 0. The summed E-state index contributed by atoms with van der Waals surface area (Å²) in [6.45, 7) is 0. The lowest BCUT2D eigenvalue weighted by Gasteiger charge is -2.10. The predicted octanol–water partition coefficient (Wildman–Crippen LogP) is 3.17. The van der Waals surface area contributed by atoms with Gasteiger partial charge >= 0.3 is 0 Å². The first-order valence-electron chi connectivity index (χ1n) is 7.68. The van der Waals surface area contributed by atoms with Crippen LogP contribution in [-0.2, 0) is 11.2 Å². The fourth-order valence-corrected chi connectivity index (χ4v) is 5.23. The highest BCUT2D eigenvalue weighted by Gasteiger charge is 2.18. The third kappa shape index (κ3) is 4.55. The predicted molar refractivity (Wildman–Crippen MR) is 99.9 cm³/mol. The van der Waals surface area contributed by atoms with Crippen LogP contribution < -0.4 is 10.9 Å². The van der Waals surface area contributed by atoms with Crippen LogP contribution in [0.2, 0.25) is 0 Å². The molecular formula is C18H18N2O2S2. The molecule has 0 saturated carbocycles. The van der Waals surface area contributed by atoms with E-state index in [1.807, 2.05) is 66.0 Å². The van der Waals surface area contributed by atoms with E-state index in [1.165, 1.54) is 17.1 Å². The number of hydrogen-bond acceptors (Lipinski definition) is 4. The molecule has 24 heavy (non-hydrogen) atoms. The molecule has 1 heterocycles. The molecule has 6 heteroatoms. The van der Waals surface area contributed by atoms with Crippen molar-refractivity contribution in [1.82, 2.24) is 10.9 Å². The van der Waals surface area contributed by atoms with Crippen molar-refractivity contribution in [3.05, 3.63) is 71.3 Å². The van der Waals surface area contributed by atoms with Crippen LogP contribution in [0, 0.1) is 0 Å². The summed E-state index contributed by atoms with van der Waals surface area (Å²) in [4.78, 5) is 23.9. The van der Waals surface area contributed by atoms with E-state index in [4.69, 9.17) is 0 Å². The zero-order chi connectivity index (χ0) is 16.8. The smallest absolute Gasteiger partial charge is 0.269 e. The van der Waals surface area contributed by atoms with E-state index in [9.17, 15) is 9.59 Å². The van der Waals surface area contributed by atoms with Crippen molar-refractivity contribution in [3.8, 4) is 0 Å². The molecule has 1 fully saturated rings. The van der Waals surface area contributed by atoms with E-state index in [1.54, 1.807) is 12.1 Å². The Morgan fingerprint density at radius 2 is 1.58 bits per heavy atom. The van der Waals surface area contributed by atoms with Crippen LogP contribution in [0.15, 0.2) is 54.6 Å². The molecule has 0 atom stereocenters. The second-order valence-electron chi connectivity index (χ2n) is 5.36. The van der Waals surface area contributed by atoms with Gasteiger partial charge in [0.05, 0.1) is 11.0 Å². The quantitative estimate of drug-likeness (QED) is 0.824. The van der Waals surface area contributed by atoms with Gasteiger partial charge in [0.25, 0.3) is 5.91 Å². The molecule has 0 radical (unpaired) electrons. The second kappa shape index (κ2) is 8.26. The average Bonchev–Trinajstić information content (AvgIpc) is 3.15. The van der Waals surface area contributed by atoms with Crippen LogP contribution >= 0.6 is 23.5 Å². The first-order chi connectivity index (χ1) is 11.7. The average molecular weight is 358 g/mol. The number of thioether (sulfide) groups is 2. The molecule has 0 spiro atoms. The monoisotopic (exact) mass is 358 g/mol. The third-order valence-electron chi connectivity index (χ3n) is 3.59. The number of rotatable bonds is 4. The maximum absolute atomic E-state index is 12.1. The van der Waals surface area contributed by atoms with E-state index in [2.05, 4.69) is 10.9 Å². The molecule has 2 aromatic rings. The highest BCUT2D eigenvalue weighted by Crippen LogP contribution is 2.45. The van der Waals surface area contributed by atoms with E-state index in [0.717, 1.165) is 5.56 Å². The maximum Gasteiger partial charge on any atom is 0.269 e. The van der Waals surface area contributed by atoms with Crippen LogP contribution in [0.5, 0.6) is 0 Å². The number of benzene rings is 2. The van der Waals surface area contributed by atoms with Crippen LogP contribution in [0.25, 0.3) is 0 Å². The molecule has 2 N–H and O–H groups in total. The Morgan fingerprint density at radius 3 is 2.25 bits per heavy atom. The van der Waals surface area contributed by atoms with Crippen LogP contribution in [0.1, 0.15) is 26.1 Å². The topological polar surface area (TPSA) is 58.2 Å². The van der Waals surface area contributed by atoms with Crippen molar-refractivity contribution in [1.29, 1.82) is 0 Å². The summed E-state index contributed by atoms with van der Waals surface area (Å²) in [6.07, 6.45) is 0.232. The van der Waals surface area contributed by atoms with Crippen molar-refractivity contribution < 1.29 is 9.59 Å². The van der Waals surface area contributed by atoms with Crippen molar-refractivity contribution in [2.75, 3.05) is 11.5 Å². The number of hydrogen-bond donors (Lipinski definition) is 2. The van der Waals surface area contributed by atoms with Gasteiger partial charge in [-0.15, -0.1) is 23.5 Å². The Hall–Kier alpha value is -1.92. The molecule has 1 aliphatic heterocycles. The molecule has 124 valence electrons. The fraction of sp³-hybridized carbons (Fsp3) is 0.222. The molecule has 2 aromatic carbocycles. The lowest BCUT2D eigenvalue weighted by atomic mass is 10.1.